The number of rotatable bonds is 5. The largest absolute Gasteiger partial charge is 0.321 e. The fourth-order valence-electron chi connectivity index (χ4n) is 2.48. The second-order valence-electron chi connectivity index (χ2n) is 6.13. The van der Waals surface area contributed by atoms with Crippen LogP contribution in [0.2, 0.25) is 0 Å². The first kappa shape index (κ1) is 19.1. The molecule has 0 unspecified atom stereocenters. The molecule has 6 heteroatoms. The quantitative estimate of drug-likeness (QED) is 0.698. The van der Waals surface area contributed by atoms with Crippen molar-refractivity contribution >= 4 is 11.6 Å². The maximum Gasteiger partial charge on any atom is 0.276 e. The van der Waals surface area contributed by atoms with Gasteiger partial charge in [0.1, 0.15) is 11.4 Å². The van der Waals surface area contributed by atoms with Crippen molar-refractivity contribution in [1.82, 2.24) is 14.8 Å². The molecule has 0 atom stereocenters. The summed E-state index contributed by atoms with van der Waals surface area (Å²) in [5.74, 6) is 5.64. The Morgan fingerprint density at radius 2 is 2.00 bits per heavy atom. The Morgan fingerprint density at radius 3 is 2.79 bits per heavy atom. The molecule has 0 saturated heterocycles. The van der Waals surface area contributed by atoms with Crippen molar-refractivity contribution in [3.8, 4) is 11.8 Å². The van der Waals surface area contributed by atoms with Crippen LogP contribution in [0.4, 0.5) is 5.69 Å². The third-order valence-corrected chi connectivity index (χ3v) is 3.94. The molecule has 1 N–H and O–H groups in total. The molecule has 0 aliphatic heterocycles. The number of benzene rings is 1. The zero-order valence-corrected chi connectivity index (χ0v) is 15.6. The van der Waals surface area contributed by atoms with Gasteiger partial charge in [-0.3, -0.25) is 9.59 Å². The highest BCUT2D eigenvalue weighted by atomic mass is 16.2. The van der Waals surface area contributed by atoms with Gasteiger partial charge in [-0.2, -0.15) is 5.10 Å². The molecule has 6 nitrogen and oxygen atoms in total. The van der Waals surface area contributed by atoms with Crippen LogP contribution in [0, 0.1) is 11.8 Å². The Morgan fingerprint density at radius 1 is 1.11 bits per heavy atom. The molecule has 140 valence electrons. The van der Waals surface area contributed by atoms with Crippen LogP contribution in [0.15, 0.2) is 65.6 Å². The number of amides is 1. The Hall–Kier alpha value is -3.72. The van der Waals surface area contributed by atoms with Gasteiger partial charge in [0, 0.05) is 30.1 Å². The molecule has 0 radical (unpaired) electrons. The Labute approximate surface area is 163 Å². The topological polar surface area (TPSA) is 76.9 Å². The molecule has 0 aliphatic carbocycles. The minimum atomic E-state index is -0.375. The number of unbranched alkanes of at least 4 members (excludes halogenated alkanes) is 1. The van der Waals surface area contributed by atoms with Crippen LogP contribution in [0.5, 0.6) is 0 Å². The molecule has 0 bridgehead atoms. The van der Waals surface area contributed by atoms with Gasteiger partial charge < -0.3 is 5.32 Å². The van der Waals surface area contributed by atoms with Gasteiger partial charge >= 0.3 is 0 Å². The minimum absolute atomic E-state index is 0.195. The molecule has 3 aromatic rings. The van der Waals surface area contributed by atoms with Crippen LogP contribution in [-0.2, 0) is 6.54 Å². The van der Waals surface area contributed by atoms with E-state index < -0.39 is 0 Å². The average Bonchev–Trinajstić information content (AvgIpc) is 2.72. The van der Waals surface area contributed by atoms with Crippen molar-refractivity contribution in [1.29, 1.82) is 0 Å². The SMILES string of the molecule is CCCCn1nc(C(=O)Nc2cccc(C#Cc3ccccn3)c2)ccc1=O. The normalized spacial score (nSPS) is 10.0. The number of hydrogen-bond acceptors (Lipinski definition) is 4. The van der Waals surface area contributed by atoms with Crippen molar-refractivity contribution in [3.05, 3.63) is 88.1 Å². The van der Waals surface area contributed by atoms with Gasteiger partial charge in [-0.15, -0.1) is 0 Å². The Bertz CT molecular complexity index is 1080. The second kappa shape index (κ2) is 9.28. The van der Waals surface area contributed by atoms with Crippen molar-refractivity contribution < 1.29 is 4.79 Å². The van der Waals surface area contributed by atoms with E-state index in [1.54, 1.807) is 18.3 Å². The molecule has 3 rings (SSSR count). The average molecular weight is 372 g/mol. The van der Waals surface area contributed by atoms with Crippen LogP contribution < -0.4 is 10.9 Å². The van der Waals surface area contributed by atoms with E-state index in [1.807, 2.05) is 37.3 Å². The van der Waals surface area contributed by atoms with Gasteiger partial charge in [-0.1, -0.05) is 31.4 Å². The molecular formula is C22H20N4O2. The standard InChI is InChI=1S/C22H20N4O2/c1-2-3-15-26-21(27)13-12-20(25-26)22(28)24-19-9-6-7-17(16-19)10-11-18-8-4-5-14-23-18/h4-9,12-14,16H,2-3,15H2,1H3,(H,24,28). The van der Waals surface area contributed by atoms with Gasteiger partial charge in [0.2, 0.25) is 0 Å². The van der Waals surface area contributed by atoms with Gasteiger partial charge in [0.25, 0.3) is 11.5 Å². The monoisotopic (exact) mass is 372 g/mol. The molecule has 0 spiro atoms. The summed E-state index contributed by atoms with van der Waals surface area (Å²) in [6.45, 7) is 2.53. The number of hydrogen-bond donors (Lipinski definition) is 1. The van der Waals surface area contributed by atoms with Crippen LogP contribution in [0.25, 0.3) is 0 Å². The summed E-state index contributed by atoms with van der Waals surface area (Å²) in [4.78, 5) is 28.5. The van der Waals surface area contributed by atoms with E-state index in [-0.39, 0.29) is 17.2 Å². The molecule has 28 heavy (non-hydrogen) atoms. The maximum atomic E-state index is 12.5. The molecule has 0 fully saturated rings. The summed E-state index contributed by atoms with van der Waals surface area (Å²) in [5, 5.41) is 6.96. The molecule has 1 amide bonds. The van der Waals surface area contributed by atoms with E-state index in [2.05, 4.69) is 27.2 Å². The van der Waals surface area contributed by atoms with Gasteiger partial charge in [-0.05, 0) is 48.7 Å². The van der Waals surface area contributed by atoms with E-state index in [0.717, 1.165) is 18.4 Å². The number of nitrogens with one attached hydrogen (secondary N) is 1. The van der Waals surface area contributed by atoms with Gasteiger partial charge in [0.05, 0.1) is 0 Å². The summed E-state index contributed by atoms with van der Waals surface area (Å²) >= 11 is 0. The fourth-order valence-corrected chi connectivity index (χ4v) is 2.48. The van der Waals surface area contributed by atoms with Crippen LogP contribution in [0.1, 0.15) is 41.5 Å². The van der Waals surface area contributed by atoms with Crippen molar-refractivity contribution in [3.63, 3.8) is 0 Å². The molecule has 2 heterocycles. The van der Waals surface area contributed by atoms with Gasteiger partial charge in [-0.25, -0.2) is 9.67 Å². The summed E-state index contributed by atoms with van der Waals surface area (Å²) in [7, 11) is 0. The van der Waals surface area contributed by atoms with Crippen LogP contribution in [-0.4, -0.2) is 20.7 Å². The van der Waals surface area contributed by atoms with Crippen LogP contribution >= 0.6 is 0 Å². The lowest BCUT2D eigenvalue weighted by Gasteiger charge is -2.08. The second-order valence-corrected chi connectivity index (χ2v) is 6.13. The first-order chi connectivity index (χ1) is 13.7. The number of aromatic nitrogens is 3. The predicted octanol–water partition coefficient (Wildman–Crippen LogP) is 3.09. The molecule has 0 saturated carbocycles. The summed E-state index contributed by atoms with van der Waals surface area (Å²) in [5.41, 5.74) is 2.02. The predicted molar refractivity (Wildman–Crippen MR) is 108 cm³/mol. The first-order valence-corrected chi connectivity index (χ1v) is 9.08. The summed E-state index contributed by atoms with van der Waals surface area (Å²) < 4.78 is 1.33. The Kier molecular flexibility index (Phi) is 6.32. The van der Waals surface area contributed by atoms with Crippen molar-refractivity contribution in [2.45, 2.75) is 26.3 Å². The van der Waals surface area contributed by atoms with E-state index >= 15 is 0 Å². The van der Waals surface area contributed by atoms with E-state index in [9.17, 15) is 9.59 Å². The summed E-state index contributed by atoms with van der Waals surface area (Å²) in [6.07, 6.45) is 3.46. The number of carbonyl (C=O) groups excluding carboxylic acids is 1. The molecular weight excluding hydrogens is 352 g/mol. The molecule has 1 aromatic carbocycles. The third kappa shape index (κ3) is 5.15. The Balaban J connectivity index is 1.74. The summed E-state index contributed by atoms with van der Waals surface area (Å²) in [6, 6.07) is 15.6. The van der Waals surface area contributed by atoms with Crippen molar-refractivity contribution in [2.24, 2.45) is 0 Å². The van der Waals surface area contributed by atoms with Crippen LogP contribution in [0.3, 0.4) is 0 Å². The minimum Gasteiger partial charge on any atom is -0.321 e. The fraction of sp³-hybridized carbons (Fsp3) is 0.182. The zero-order valence-electron chi connectivity index (χ0n) is 15.6. The highest BCUT2D eigenvalue weighted by Gasteiger charge is 2.10. The number of carbonyl (C=O) groups is 1. The van der Waals surface area contributed by atoms with E-state index in [4.69, 9.17) is 0 Å². The van der Waals surface area contributed by atoms with Crippen molar-refractivity contribution in [2.75, 3.05) is 5.32 Å². The molecule has 0 aliphatic rings. The number of aryl methyl sites for hydroxylation is 1. The lowest BCUT2D eigenvalue weighted by atomic mass is 10.2. The third-order valence-electron chi connectivity index (χ3n) is 3.94. The lowest BCUT2D eigenvalue weighted by molar-refractivity contribution is 0.101. The van der Waals surface area contributed by atoms with E-state index in [1.165, 1.54) is 16.8 Å². The zero-order chi connectivity index (χ0) is 19.8. The number of anilines is 1. The maximum absolute atomic E-state index is 12.5. The highest BCUT2D eigenvalue weighted by molar-refractivity contribution is 6.02. The first-order valence-electron chi connectivity index (χ1n) is 9.08. The van der Waals surface area contributed by atoms with E-state index in [0.29, 0.717) is 17.9 Å². The molecule has 2 aromatic heterocycles. The highest BCUT2D eigenvalue weighted by Crippen LogP contribution is 2.11. The number of pyridine rings is 1. The van der Waals surface area contributed by atoms with Gasteiger partial charge in [0.15, 0.2) is 0 Å². The lowest BCUT2D eigenvalue weighted by Crippen LogP contribution is -2.26. The number of nitrogens with zero attached hydrogens (tertiary/aromatic N) is 3. The smallest absolute Gasteiger partial charge is 0.276 e.